The molecule has 2 aromatic carbocycles. The van der Waals surface area contributed by atoms with Crippen LogP contribution in [0.15, 0.2) is 54.6 Å². The molecule has 12 heteroatoms. The summed E-state index contributed by atoms with van der Waals surface area (Å²) in [5, 5.41) is 10.5. The van der Waals surface area contributed by atoms with Crippen LogP contribution in [0.4, 0.5) is 18.9 Å². The van der Waals surface area contributed by atoms with E-state index in [4.69, 9.17) is 13.0 Å². The van der Waals surface area contributed by atoms with Gasteiger partial charge in [0.15, 0.2) is 0 Å². The van der Waals surface area contributed by atoms with Crippen LogP contribution in [0.1, 0.15) is 20.7 Å². The van der Waals surface area contributed by atoms with Crippen LogP contribution in [0.25, 0.3) is 0 Å². The van der Waals surface area contributed by atoms with Crippen LogP contribution in [0, 0.1) is 10.1 Å². The smallest absolute Gasteiger partial charge is 0.285 e. The number of hydrogen-bond acceptors (Lipinski definition) is 6. The van der Waals surface area contributed by atoms with E-state index < -0.39 is 32.1 Å². The topological polar surface area (TPSA) is 132 Å². The van der Waals surface area contributed by atoms with Crippen LogP contribution < -0.4 is 0 Å². The predicted molar refractivity (Wildman–Crippen MR) is 85.8 cm³/mol. The Morgan fingerprint density at radius 3 is 1.59 bits per heavy atom. The Bertz CT molecular complexity index is 940. The lowest BCUT2D eigenvalue weighted by molar-refractivity contribution is -0.384. The summed E-state index contributed by atoms with van der Waals surface area (Å²) in [5.74, 6) is -1.31. The van der Waals surface area contributed by atoms with Crippen molar-refractivity contribution < 1.29 is 40.7 Å². The number of carbonyl (C=O) groups is 2. The molecule has 0 amide bonds. The summed E-state index contributed by atoms with van der Waals surface area (Å²) in [6, 6.07) is 13.1. The molecule has 8 nitrogen and oxygen atoms in total. The van der Waals surface area contributed by atoms with Gasteiger partial charge in [0.2, 0.25) is 11.6 Å². The lowest BCUT2D eigenvalue weighted by Crippen LogP contribution is -2.21. The zero-order chi connectivity index (χ0) is 20.8. The number of benzene rings is 2. The lowest BCUT2D eigenvalue weighted by atomic mass is 10.0. The van der Waals surface area contributed by atoms with Crippen molar-refractivity contribution in [2.24, 2.45) is 0 Å². The number of nitro groups is 1. The number of non-ortho nitro benzene ring substituents is 1. The first-order valence-corrected chi connectivity index (χ1v) is 8.21. The Labute approximate surface area is 150 Å². The number of carbonyl (C=O) groups excluding carboxylic acids is 2. The van der Waals surface area contributed by atoms with Gasteiger partial charge in [-0.2, -0.15) is 21.6 Å². The second kappa shape index (κ2) is 8.51. The second-order valence-electron chi connectivity index (χ2n) is 4.75. The van der Waals surface area contributed by atoms with Gasteiger partial charge in [-0.3, -0.25) is 24.3 Å². The molecule has 0 aliphatic carbocycles. The number of hydrogen-bond donors (Lipinski definition) is 1. The first-order chi connectivity index (χ1) is 12.3. The molecule has 0 bridgehead atoms. The molecule has 144 valence electrons. The summed E-state index contributed by atoms with van der Waals surface area (Å²) >= 11 is 0. The van der Waals surface area contributed by atoms with Gasteiger partial charge in [0.05, 0.1) is 4.92 Å². The van der Waals surface area contributed by atoms with Crippen LogP contribution >= 0.6 is 0 Å². The maximum absolute atomic E-state index is 11.9. The van der Waals surface area contributed by atoms with Gasteiger partial charge in [-0.1, -0.05) is 30.3 Å². The average molecular weight is 405 g/mol. The van der Waals surface area contributed by atoms with Crippen molar-refractivity contribution in [2.45, 2.75) is 5.51 Å². The SMILES string of the molecule is O=C(C(=O)c1ccc([N+](=O)[O-])cc1)c1ccccc1.O=S(=O)(O)C(F)(F)F. The molecule has 0 aliphatic rings. The number of halogens is 3. The Morgan fingerprint density at radius 2 is 1.26 bits per heavy atom. The number of Topliss-reactive ketones (excluding diaryl/α,β-unsaturated/α-hetero) is 2. The van der Waals surface area contributed by atoms with Crippen LogP contribution in [0.2, 0.25) is 0 Å². The predicted octanol–water partition coefficient (Wildman–Crippen LogP) is 3.05. The zero-order valence-corrected chi connectivity index (χ0v) is 13.9. The number of rotatable bonds is 4. The van der Waals surface area contributed by atoms with Gasteiger partial charge in [-0.25, -0.2) is 0 Å². The van der Waals surface area contributed by atoms with Gasteiger partial charge in [0.25, 0.3) is 5.69 Å². The quantitative estimate of drug-likeness (QED) is 0.206. The standard InChI is InChI=1S/C14H9NO4.CHF3O3S/c16-13(10-4-2-1-3-5-10)14(17)11-6-8-12(9-7-11)15(18)19;2-1(3,4)8(5,6)7/h1-9H;(H,5,6,7). The molecular weight excluding hydrogens is 395 g/mol. The highest BCUT2D eigenvalue weighted by atomic mass is 32.2. The van der Waals surface area contributed by atoms with E-state index in [1.165, 1.54) is 24.3 Å². The number of alkyl halides is 3. The molecule has 2 rings (SSSR count). The molecule has 0 heterocycles. The first-order valence-electron chi connectivity index (χ1n) is 6.77. The van der Waals surface area contributed by atoms with E-state index in [0.717, 1.165) is 0 Å². The minimum absolute atomic E-state index is 0.122. The van der Waals surface area contributed by atoms with E-state index >= 15 is 0 Å². The molecular formula is C15H10F3NO7S. The normalized spacial score (nSPS) is 11.1. The number of nitrogens with zero attached hydrogens (tertiary/aromatic N) is 1. The fourth-order valence-electron chi connectivity index (χ4n) is 1.59. The van der Waals surface area contributed by atoms with Crippen molar-refractivity contribution in [1.82, 2.24) is 0 Å². The van der Waals surface area contributed by atoms with Crippen molar-refractivity contribution in [2.75, 3.05) is 0 Å². The minimum Gasteiger partial charge on any atom is -0.285 e. The molecule has 0 radical (unpaired) electrons. The maximum atomic E-state index is 11.9. The van der Waals surface area contributed by atoms with Crippen LogP contribution in [0.3, 0.4) is 0 Å². The Kier molecular flexibility index (Phi) is 6.91. The molecule has 0 atom stereocenters. The lowest BCUT2D eigenvalue weighted by Gasteiger charge is -2.00. The third-order valence-electron chi connectivity index (χ3n) is 2.88. The van der Waals surface area contributed by atoms with Gasteiger partial charge in [-0.15, -0.1) is 0 Å². The maximum Gasteiger partial charge on any atom is 0.522 e. The summed E-state index contributed by atoms with van der Waals surface area (Å²) in [6.45, 7) is 0. The third-order valence-corrected chi connectivity index (χ3v) is 3.46. The zero-order valence-electron chi connectivity index (χ0n) is 13.1. The van der Waals surface area contributed by atoms with E-state index in [0.29, 0.717) is 5.56 Å². The van der Waals surface area contributed by atoms with Crippen molar-refractivity contribution in [3.05, 3.63) is 75.8 Å². The molecule has 0 saturated carbocycles. The molecule has 0 aliphatic heterocycles. The highest BCUT2D eigenvalue weighted by Crippen LogP contribution is 2.20. The minimum atomic E-state index is -5.84. The van der Waals surface area contributed by atoms with Crippen molar-refractivity contribution >= 4 is 27.4 Å². The molecule has 0 unspecified atom stereocenters. The van der Waals surface area contributed by atoms with Gasteiger partial charge in [0, 0.05) is 23.3 Å². The Balaban J connectivity index is 0.000000387. The molecule has 0 aromatic heterocycles. The fourth-order valence-corrected chi connectivity index (χ4v) is 1.59. The second-order valence-corrected chi connectivity index (χ2v) is 6.16. The van der Waals surface area contributed by atoms with Crippen LogP contribution in [-0.2, 0) is 10.1 Å². The summed E-state index contributed by atoms with van der Waals surface area (Å²) in [4.78, 5) is 33.7. The summed E-state index contributed by atoms with van der Waals surface area (Å²) in [5.41, 5.74) is -5.22. The van der Waals surface area contributed by atoms with Crippen LogP contribution in [-0.4, -0.2) is 35.0 Å². The van der Waals surface area contributed by atoms with Gasteiger partial charge < -0.3 is 0 Å². The van der Waals surface area contributed by atoms with Crippen molar-refractivity contribution in [3.8, 4) is 0 Å². The molecule has 0 saturated heterocycles. The summed E-state index contributed by atoms with van der Waals surface area (Å²) < 4.78 is 57.5. The molecule has 0 spiro atoms. The average Bonchev–Trinajstić information content (AvgIpc) is 2.60. The van der Waals surface area contributed by atoms with Gasteiger partial charge >= 0.3 is 15.6 Å². The van der Waals surface area contributed by atoms with Crippen molar-refractivity contribution in [3.63, 3.8) is 0 Å². The number of ketones is 2. The van der Waals surface area contributed by atoms with E-state index in [2.05, 4.69) is 0 Å². The highest BCUT2D eigenvalue weighted by molar-refractivity contribution is 7.86. The van der Waals surface area contributed by atoms with E-state index in [-0.39, 0.29) is 11.3 Å². The van der Waals surface area contributed by atoms with Crippen LogP contribution in [0.5, 0.6) is 0 Å². The monoisotopic (exact) mass is 405 g/mol. The van der Waals surface area contributed by atoms with E-state index in [1.807, 2.05) is 0 Å². The van der Waals surface area contributed by atoms with E-state index in [1.54, 1.807) is 30.3 Å². The largest absolute Gasteiger partial charge is 0.522 e. The van der Waals surface area contributed by atoms with Gasteiger partial charge in [-0.05, 0) is 12.1 Å². The van der Waals surface area contributed by atoms with Gasteiger partial charge in [0.1, 0.15) is 0 Å². The molecule has 0 fully saturated rings. The first kappa shape index (κ1) is 21.9. The molecule has 1 N–H and O–H groups in total. The van der Waals surface area contributed by atoms with E-state index in [9.17, 15) is 32.9 Å². The summed E-state index contributed by atoms with van der Waals surface area (Å²) in [6.07, 6.45) is 0. The van der Waals surface area contributed by atoms with Crippen molar-refractivity contribution in [1.29, 1.82) is 0 Å². The fraction of sp³-hybridized carbons (Fsp3) is 0.0667. The Morgan fingerprint density at radius 1 is 0.889 bits per heavy atom. The number of nitro benzene ring substituents is 1. The third kappa shape index (κ3) is 6.27. The molecule has 27 heavy (non-hydrogen) atoms. The summed E-state index contributed by atoms with van der Waals surface area (Å²) in [7, 11) is -5.84. The Hall–Kier alpha value is -3.12. The highest BCUT2D eigenvalue weighted by Gasteiger charge is 2.44. The molecule has 2 aromatic rings.